The Morgan fingerprint density at radius 2 is 2.13 bits per heavy atom. The van der Waals surface area contributed by atoms with Crippen LogP contribution in [0.1, 0.15) is 12.8 Å². The van der Waals surface area contributed by atoms with Crippen LogP contribution in [0, 0.1) is 11.6 Å². The van der Waals surface area contributed by atoms with E-state index >= 15 is 0 Å². The van der Waals surface area contributed by atoms with Crippen LogP contribution in [0.25, 0.3) is 10.2 Å². The lowest BCUT2D eigenvalue weighted by Gasteiger charge is -2.23. The number of benzene rings is 2. The van der Waals surface area contributed by atoms with Crippen LogP contribution in [0.5, 0.6) is 5.75 Å². The molecule has 1 aliphatic heterocycles. The van der Waals surface area contributed by atoms with E-state index < -0.39 is 11.6 Å². The summed E-state index contributed by atoms with van der Waals surface area (Å²) in [6, 6.07) is 9.48. The Morgan fingerprint density at radius 3 is 2.83 bits per heavy atom. The summed E-state index contributed by atoms with van der Waals surface area (Å²) in [7, 11) is 1.60. The number of carbonyl (C=O) groups is 1. The van der Waals surface area contributed by atoms with Crippen LogP contribution in [-0.2, 0) is 9.53 Å². The number of hydrogen-bond donors (Lipinski definition) is 0. The first kappa shape index (κ1) is 21.0. The van der Waals surface area contributed by atoms with E-state index in [9.17, 15) is 13.6 Å². The predicted molar refractivity (Wildman–Crippen MR) is 115 cm³/mol. The van der Waals surface area contributed by atoms with Crippen molar-refractivity contribution in [2.45, 2.75) is 23.8 Å². The fraction of sp³-hybridized carbons (Fsp3) is 0.333. The molecule has 1 unspecified atom stereocenters. The number of anilines is 1. The molecule has 1 fully saturated rings. The van der Waals surface area contributed by atoms with Gasteiger partial charge in [-0.2, -0.15) is 0 Å². The van der Waals surface area contributed by atoms with Crippen LogP contribution in [0.2, 0.25) is 0 Å². The van der Waals surface area contributed by atoms with Crippen LogP contribution in [0.4, 0.5) is 13.9 Å². The first-order valence-corrected chi connectivity index (χ1v) is 11.3. The molecule has 9 heteroatoms. The Labute approximate surface area is 181 Å². The first-order chi connectivity index (χ1) is 14.5. The Kier molecular flexibility index (Phi) is 6.50. The summed E-state index contributed by atoms with van der Waals surface area (Å²) >= 11 is 2.50. The van der Waals surface area contributed by atoms with Gasteiger partial charge in [0.1, 0.15) is 17.1 Å². The number of thiazole rings is 1. The van der Waals surface area contributed by atoms with E-state index in [-0.39, 0.29) is 23.3 Å². The number of methoxy groups -OCH3 is 1. The minimum absolute atomic E-state index is 0.0735. The summed E-state index contributed by atoms with van der Waals surface area (Å²) in [6.07, 6.45) is 1.70. The van der Waals surface area contributed by atoms with Gasteiger partial charge in [0.15, 0.2) is 10.9 Å². The van der Waals surface area contributed by atoms with Crippen molar-refractivity contribution in [1.82, 2.24) is 4.98 Å². The molecule has 3 aromatic rings. The summed E-state index contributed by atoms with van der Waals surface area (Å²) < 4.78 is 38.9. The van der Waals surface area contributed by atoms with Crippen LogP contribution < -0.4 is 9.64 Å². The average molecular weight is 451 g/mol. The lowest BCUT2D eigenvalue weighted by atomic mass is 10.2. The van der Waals surface area contributed by atoms with Crippen molar-refractivity contribution >= 4 is 44.4 Å². The van der Waals surface area contributed by atoms with Gasteiger partial charge in [0.25, 0.3) is 0 Å². The van der Waals surface area contributed by atoms with Crippen LogP contribution in [0.15, 0.2) is 41.3 Å². The third-order valence-electron chi connectivity index (χ3n) is 4.77. The van der Waals surface area contributed by atoms with Crippen LogP contribution in [-0.4, -0.2) is 43.0 Å². The van der Waals surface area contributed by atoms with Gasteiger partial charge in [0.2, 0.25) is 5.91 Å². The lowest BCUT2D eigenvalue weighted by molar-refractivity contribution is -0.116. The van der Waals surface area contributed by atoms with E-state index in [4.69, 9.17) is 9.47 Å². The summed E-state index contributed by atoms with van der Waals surface area (Å²) in [4.78, 5) is 19.8. The highest BCUT2D eigenvalue weighted by Crippen LogP contribution is 2.33. The van der Waals surface area contributed by atoms with E-state index in [0.717, 1.165) is 40.9 Å². The van der Waals surface area contributed by atoms with Gasteiger partial charge in [-0.05, 0) is 43.2 Å². The van der Waals surface area contributed by atoms with Gasteiger partial charge in [-0.15, -0.1) is 11.8 Å². The molecule has 30 heavy (non-hydrogen) atoms. The number of fused-ring (bicyclic) bond motifs is 1. The van der Waals surface area contributed by atoms with Crippen molar-refractivity contribution in [3.8, 4) is 5.75 Å². The Bertz CT molecular complexity index is 1040. The second-order valence-corrected chi connectivity index (χ2v) is 8.89. The highest BCUT2D eigenvalue weighted by Gasteiger charge is 2.27. The zero-order chi connectivity index (χ0) is 21.1. The van der Waals surface area contributed by atoms with Crippen molar-refractivity contribution in [2.24, 2.45) is 0 Å². The molecule has 158 valence electrons. The van der Waals surface area contributed by atoms with E-state index in [1.807, 2.05) is 24.3 Å². The Hall–Kier alpha value is -2.23. The minimum atomic E-state index is -0.732. The molecule has 1 atom stereocenters. The number of carbonyl (C=O) groups excluding carboxylic acids is 1. The predicted octanol–water partition coefficient (Wildman–Crippen LogP) is 4.89. The molecule has 4 rings (SSSR count). The standard InChI is InChI=1S/C21H20F2N2O3S2/c1-27-14-4-6-16(7-5-14)29-12-19(26)25(11-15-3-2-8-28-15)21-24-20-17(23)9-13(22)10-18(20)30-21/h4-7,9-10,15H,2-3,8,11-12H2,1H3. The molecule has 2 heterocycles. The molecule has 0 saturated carbocycles. The molecule has 0 N–H and O–H groups in total. The number of aromatic nitrogens is 1. The maximum absolute atomic E-state index is 14.1. The lowest BCUT2D eigenvalue weighted by Crippen LogP contribution is -2.38. The zero-order valence-corrected chi connectivity index (χ0v) is 17.9. The van der Waals surface area contributed by atoms with Crippen molar-refractivity contribution < 1.29 is 23.0 Å². The fourth-order valence-electron chi connectivity index (χ4n) is 3.23. The number of halogens is 2. The highest BCUT2D eigenvalue weighted by atomic mass is 32.2. The van der Waals surface area contributed by atoms with Gasteiger partial charge in [-0.1, -0.05) is 11.3 Å². The quantitative estimate of drug-likeness (QED) is 0.480. The molecule has 1 saturated heterocycles. The normalized spacial score (nSPS) is 16.2. The van der Waals surface area contributed by atoms with E-state index in [1.54, 1.807) is 7.11 Å². The largest absolute Gasteiger partial charge is 0.497 e. The highest BCUT2D eigenvalue weighted by molar-refractivity contribution is 8.00. The van der Waals surface area contributed by atoms with Gasteiger partial charge in [-0.3, -0.25) is 9.69 Å². The molecule has 1 amide bonds. The SMILES string of the molecule is COc1ccc(SCC(=O)N(CC2CCCO2)c2nc3c(F)cc(F)cc3s2)cc1. The molecule has 5 nitrogen and oxygen atoms in total. The first-order valence-electron chi connectivity index (χ1n) is 9.48. The smallest absolute Gasteiger partial charge is 0.239 e. The summed E-state index contributed by atoms with van der Waals surface area (Å²) in [5.41, 5.74) is 0.0735. The van der Waals surface area contributed by atoms with Crippen molar-refractivity contribution in [3.05, 3.63) is 48.0 Å². The van der Waals surface area contributed by atoms with Gasteiger partial charge in [-0.25, -0.2) is 13.8 Å². The number of nitrogens with zero attached hydrogens (tertiary/aromatic N) is 2. The second-order valence-electron chi connectivity index (χ2n) is 6.83. The summed E-state index contributed by atoms with van der Waals surface area (Å²) in [6.45, 7) is 0.999. The third-order valence-corrected chi connectivity index (χ3v) is 6.79. The van der Waals surface area contributed by atoms with Gasteiger partial charge < -0.3 is 9.47 Å². The van der Waals surface area contributed by atoms with Crippen molar-refractivity contribution in [2.75, 3.05) is 30.9 Å². The van der Waals surface area contributed by atoms with E-state index in [2.05, 4.69) is 4.98 Å². The number of thioether (sulfide) groups is 1. The summed E-state index contributed by atoms with van der Waals surface area (Å²) in [5.74, 6) is -0.626. The van der Waals surface area contributed by atoms with Gasteiger partial charge in [0.05, 0.1) is 30.2 Å². The number of ether oxygens (including phenoxy) is 2. The second kappa shape index (κ2) is 9.28. The molecular formula is C21H20F2N2O3S2. The van der Waals surface area contributed by atoms with E-state index in [1.165, 1.54) is 22.7 Å². The molecule has 1 aromatic heterocycles. The number of amides is 1. The van der Waals surface area contributed by atoms with Gasteiger partial charge in [0, 0.05) is 17.6 Å². The molecule has 2 aromatic carbocycles. The van der Waals surface area contributed by atoms with Crippen LogP contribution >= 0.6 is 23.1 Å². The zero-order valence-electron chi connectivity index (χ0n) is 16.3. The molecule has 0 spiro atoms. The topological polar surface area (TPSA) is 51.7 Å². The molecule has 1 aliphatic rings. The molecular weight excluding hydrogens is 430 g/mol. The monoisotopic (exact) mass is 450 g/mol. The van der Waals surface area contributed by atoms with Gasteiger partial charge >= 0.3 is 0 Å². The Morgan fingerprint density at radius 1 is 1.33 bits per heavy atom. The number of rotatable bonds is 7. The minimum Gasteiger partial charge on any atom is -0.497 e. The molecule has 0 aliphatic carbocycles. The van der Waals surface area contributed by atoms with Crippen molar-refractivity contribution in [3.63, 3.8) is 0 Å². The summed E-state index contributed by atoms with van der Waals surface area (Å²) in [5, 5.41) is 0.352. The maximum atomic E-state index is 14.1. The van der Waals surface area contributed by atoms with Crippen molar-refractivity contribution in [1.29, 1.82) is 0 Å². The maximum Gasteiger partial charge on any atom is 0.239 e. The Balaban J connectivity index is 1.55. The third kappa shape index (κ3) is 4.74. The molecule has 0 radical (unpaired) electrons. The molecule has 0 bridgehead atoms. The number of hydrogen-bond acceptors (Lipinski definition) is 6. The fourth-order valence-corrected chi connectivity index (χ4v) is 5.04. The van der Waals surface area contributed by atoms with Crippen LogP contribution in [0.3, 0.4) is 0 Å². The average Bonchev–Trinajstić information content (AvgIpc) is 3.40. The van der Waals surface area contributed by atoms with E-state index in [0.29, 0.717) is 23.0 Å².